The predicted octanol–water partition coefficient (Wildman–Crippen LogP) is 9.69. The summed E-state index contributed by atoms with van der Waals surface area (Å²) in [5.74, 6) is 4.07. The van der Waals surface area contributed by atoms with Gasteiger partial charge in [-0.2, -0.15) is 0 Å². The number of unbranched alkanes of at least 4 members (excludes halogenated alkanes) is 5. The van der Waals surface area contributed by atoms with Gasteiger partial charge in [-0.15, -0.1) is 0 Å². The van der Waals surface area contributed by atoms with Gasteiger partial charge in [-0.05, 0) is 86.8 Å². The number of hydrogen-bond donors (Lipinski definition) is 0. The zero-order valence-electron chi connectivity index (χ0n) is 21.3. The zero-order chi connectivity index (χ0) is 22.4. The van der Waals surface area contributed by atoms with E-state index in [1.165, 1.54) is 115 Å². The van der Waals surface area contributed by atoms with Crippen molar-refractivity contribution in [1.29, 1.82) is 0 Å². The molecule has 1 saturated carbocycles. The standard InChI is InChI=1S/C31H50O/c1-3-5-7-9-25-32-31-23-17-28(18-24-31)12-11-27-15-21-30(22-16-27)29-19-13-26(14-20-29)10-8-6-4-2/h15,17-18,23-24,26,29-30H,3-14,16,19-22,25H2,1-2H3. The number of benzene rings is 1. The number of aryl methyl sites for hydroxylation is 1. The lowest BCUT2D eigenvalue weighted by Crippen LogP contribution is -2.23. The van der Waals surface area contributed by atoms with Gasteiger partial charge in [-0.3, -0.25) is 0 Å². The van der Waals surface area contributed by atoms with Gasteiger partial charge < -0.3 is 4.74 Å². The summed E-state index contributed by atoms with van der Waals surface area (Å²) in [4.78, 5) is 0. The molecule has 1 aromatic rings. The molecule has 0 radical (unpaired) electrons. The van der Waals surface area contributed by atoms with Crippen molar-refractivity contribution in [2.24, 2.45) is 17.8 Å². The second-order valence-corrected chi connectivity index (χ2v) is 10.7. The fraction of sp³-hybridized carbons (Fsp3) is 0.742. The van der Waals surface area contributed by atoms with Crippen molar-refractivity contribution < 1.29 is 4.74 Å². The first-order valence-corrected chi connectivity index (χ1v) is 14.2. The lowest BCUT2D eigenvalue weighted by Gasteiger charge is -2.35. The summed E-state index contributed by atoms with van der Waals surface area (Å²) in [6.07, 6.45) is 26.1. The molecule has 1 aromatic carbocycles. The smallest absolute Gasteiger partial charge is 0.119 e. The lowest BCUT2D eigenvalue weighted by atomic mass is 9.70. The van der Waals surface area contributed by atoms with Gasteiger partial charge >= 0.3 is 0 Å². The number of ether oxygens (including phenoxy) is 1. The van der Waals surface area contributed by atoms with Gasteiger partial charge in [-0.1, -0.05) is 95.4 Å². The van der Waals surface area contributed by atoms with Gasteiger partial charge in [0.25, 0.3) is 0 Å². The third kappa shape index (κ3) is 8.95. The van der Waals surface area contributed by atoms with Crippen molar-refractivity contribution in [3.8, 4) is 5.75 Å². The molecule has 1 atom stereocenters. The SMILES string of the molecule is CCCCCCOc1ccc(CCC2=CCC(C3CCC(CCCCC)CC3)CC2)cc1. The Bertz CT molecular complexity index is 635. The highest BCUT2D eigenvalue weighted by Gasteiger charge is 2.28. The Kier molecular flexibility index (Phi) is 11.8. The van der Waals surface area contributed by atoms with Crippen molar-refractivity contribution in [3.63, 3.8) is 0 Å². The molecule has 0 N–H and O–H groups in total. The number of hydrogen-bond acceptors (Lipinski definition) is 1. The summed E-state index contributed by atoms with van der Waals surface area (Å²) in [6.45, 7) is 5.43. The van der Waals surface area contributed by atoms with Crippen molar-refractivity contribution in [2.45, 2.75) is 123 Å². The molecule has 0 aromatic heterocycles. The molecule has 3 rings (SSSR count). The van der Waals surface area contributed by atoms with Crippen LogP contribution in [0.2, 0.25) is 0 Å². The quantitative estimate of drug-likeness (QED) is 0.207. The minimum Gasteiger partial charge on any atom is -0.494 e. The van der Waals surface area contributed by atoms with E-state index >= 15 is 0 Å². The third-order valence-electron chi connectivity index (χ3n) is 8.24. The Balaban J connectivity index is 1.31. The number of rotatable bonds is 14. The molecule has 2 aliphatic carbocycles. The molecule has 2 aliphatic rings. The molecule has 0 spiro atoms. The molecule has 1 heteroatoms. The molecule has 1 unspecified atom stereocenters. The molecule has 0 aliphatic heterocycles. The Morgan fingerprint density at radius 1 is 0.750 bits per heavy atom. The van der Waals surface area contributed by atoms with Crippen LogP contribution in [-0.4, -0.2) is 6.61 Å². The summed E-state index contributed by atoms with van der Waals surface area (Å²) >= 11 is 0. The Labute approximate surface area is 199 Å². The van der Waals surface area contributed by atoms with Gasteiger partial charge in [0.15, 0.2) is 0 Å². The highest BCUT2D eigenvalue weighted by Crippen LogP contribution is 2.41. The highest BCUT2D eigenvalue weighted by atomic mass is 16.5. The maximum Gasteiger partial charge on any atom is 0.119 e. The van der Waals surface area contributed by atoms with Gasteiger partial charge in [0.1, 0.15) is 5.75 Å². The second kappa shape index (κ2) is 14.8. The van der Waals surface area contributed by atoms with Gasteiger partial charge in [0.05, 0.1) is 6.61 Å². The molecule has 1 fully saturated rings. The van der Waals surface area contributed by atoms with Gasteiger partial charge in [0, 0.05) is 0 Å². The lowest BCUT2D eigenvalue weighted by molar-refractivity contribution is 0.185. The first kappa shape index (κ1) is 25.4. The van der Waals surface area contributed by atoms with E-state index in [0.29, 0.717) is 0 Å². The Hall–Kier alpha value is -1.24. The van der Waals surface area contributed by atoms with Gasteiger partial charge in [-0.25, -0.2) is 0 Å². The molecule has 1 nitrogen and oxygen atoms in total. The van der Waals surface area contributed by atoms with Crippen LogP contribution in [0.4, 0.5) is 0 Å². The normalized spacial score (nSPS) is 23.7. The summed E-state index contributed by atoms with van der Waals surface area (Å²) in [7, 11) is 0. The largest absolute Gasteiger partial charge is 0.494 e. The topological polar surface area (TPSA) is 9.23 Å². The third-order valence-corrected chi connectivity index (χ3v) is 8.24. The summed E-state index contributed by atoms with van der Waals surface area (Å²) in [5.41, 5.74) is 3.17. The van der Waals surface area contributed by atoms with E-state index in [2.05, 4.69) is 44.2 Å². The second-order valence-electron chi connectivity index (χ2n) is 10.7. The van der Waals surface area contributed by atoms with Crippen LogP contribution in [0.15, 0.2) is 35.9 Å². The summed E-state index contributed by atoms with van der Waals surface area (Å²) in [5, 5.41) is 0. The van der Waals surface area contributed by atoms with Crippen LogP contribution < -0.4 is 4.74 Å². The van der Waals surface area contributed by atoms with Crippen molar-refractivity contribution >= 4 is 0 Å². The van der Waals surface area contributed by atoms with Crippen LogP contribution in [0.25, 0.3) is 0 Å². The highest BCUT2D eigenvalue weighted by molar-refractivity contribution is 5.28. The van der Waals surface area contributed by atoms with Gasteiger partial charge in [0.2, 0.25) is 0 Å². The van der Waals surface area contributed by atoms with Crippen molar-refractivity contribution in [1.82, 2.24) is 0 Å². The molecular formula is C31H50O. The first-order chi connectivity index (χ1) is 15.8. The van der Waals surface area contributed by atoms with Crippen LogP contribution in [0, 0.1) is 17.8 Å². The van der Waals surface area contributed by atoms with Crippen LogP contribution >= 0.6 is 0 Å². The molecule has 0 heterocycles. The summed E-state index contributed by atoms with van der Waals surface area (Å²) in [6, 6.07) is 8.87. The predicted molar refractivity (Wildman–Crippen MR) is 139 cm³/mol. The van der Waals surface area contributed by atoms with E-state index in [9.17, 15) is 0 Å². The molecule has 0 saturated heterocycles. The average molecular weight is 439 g/mol. The molecule has 180 valence electrons. The number of allylic oxidation sites excluding steroid dienone is 2. The Morgan fingerprint density at radius 3 is 2.19 bits per heavy atom. The fourth-order valence-corrected chi connectivity index (χ4v) is 5.97. The van der Waals surface area contributed by atoms with E-state index in [-0.39, 0.29) is 0 Å². The first-order valence-electron chi connectivity index (χ1n) is 14.2. The minimum absolute atomic E-state index is 0.855. The fourth-order valence-electron chi connectivity index (χ4n) is 5.97. The minimum atomic E-state index is 0.855. The average Bonchev–Trinajstić information content (AvgIpc) is 2.84. The van der Waals surface area contributed by atoms with Crippen LogP contribution in [0.3, 0.4) is 0 Å². The van der Waals surface area contributed by atoms with Crippen LogP contribution in [0.1, 0.15) is 122 Å². The maximum absolute atomic E-state index is 5.89. The van der Waals surface area contributed by atoms with Crippen LogP contribution in [-0.2, 0) is 6.42 Å². The van der Waals surface area contributed by atoms with E-state index in [1.807, 2.05) is 0 Å². The van der Waals surface area contributed by atoms with E-state index in [0.717, 1.165) is 30.1 Å². The van der Waals surface area contributed by atoms with Crippen LogP contribution in [0.5, 0.6) is 5.75 Å². The van der Waals surface area contributed by atoms with Crippen molar-refractivity contribution in [2.75, 3.05) is 6.61 Å². The monoisotopic (exact) mass is 438 g/mol. The Morgan fingerprint density at radius 2 is 1.50 bits per heavy atom. The van der Waals surface area contributed by atoms with E-state index in [1.54, 1.807) is 5.57 Å². The molecule has 0 amide bonds. The molecule has 0 bridgehead atoms. The van der Waals surface area contributed by atoms with Crippen molar-refractivity contribution in [3.05, 3.63) is 41.5 Å². The van der Waals surface area contributed by atoms with E-state index < -0.39 is 0 Å². The van der Waals surface area contributed by atoms with E-state index in [4.69, 9.17) is 4.74 Å². The summed E-state index contributed by atoms with van der Waals surface area (Å²) < 4.78 is 5.89. The maximum atomic E-state index is 5.89. The molecule has 32 heavy (non-hydrogen) atoms. The zero-order valence-corrected chi connectivity index (χ0v) is 21.3. The molecular weight excluding hydrogens is 388 g/mol.